The fourth-order valence-electron chi connectivity index (χ4n) is 5.35. The van der Waals surface area contributed by atoms with Gasteiger partial charge < -0.3 is 14.2 Å². The Bertz CT molecular complexity index is 990. The second-order valence-corrected chi connectivity index (χ2v) is 11.2. The molecule has 0 aromatic heterocycles. The monoisotopic (exact) mass is 505 g/mol. The molecule has 1 aliphatic carbocycles. The lowest BCUT2D eigenvalue weighted by atomic mass is 10.0. The summed E-state index contributed by atoms with van der Waals surface area (Å²) in [5.41, 5.74) is 3.20. The summed E-state index contributed by atoms with van der Waals surface area (Å²) in [6.45, 7) is 9.13. The summed E-state index contributed by atoms with van der Waals surface area (Å²) in [5, 5.41) is 0. The van der Waals surface area contributed by atoms with E-state index in [2.05, 4.69) is 53.4 Å². The Labute approximate surface area is 222 Å². The Morgan fingerprint density at radius 2 is 1.62 bits per heavy atom. The number of nitrogens with zero attached hydrogens (tertiary/aromatic N) is 1. The van der Waals surface area contributed by atoms with Gasteiger partial charge in [0.1, 0.15) is 5.60 Å². The Kier molecular flexibility index (Phi) is 9.95. The number of carbonyl (C=O) groups excluding carboxylic acids is 1. The second-order valence-electron chi connectivity index (χ2n) is 11.2. The highest BCUT2D eigenvalue weighted by atomic mass is 16.6. The van der Waals surface area contributed by atoms with E-state index >= 15 is 0 Å². The zero-order chi connectivity index (χ0) is 26.1. The van der Waals surface area contributed by atoms with E-state index in [-0.39, 0.29) is 18.2 Å². The summed E-state index contributed by atoms with van der Waals surface area (Å²) >= 11 is 0. The molecule has 5 nitrogen and oxygen atoms in total. The highest BCUT2D eigenvalue weighted by molar-refractivity contribution is 5.70. The standard InChI is InChI=1S/C32H43NO4/c1-32(2,3)37-30(34)14-8-5-11-23-35-31-28(33-21-9-10-22-33)19-20-29(31)36-24-25-15-17-27(18-16-25)26-12-6-4-7-13-26/h4-7,11-13,15-18,28-29,31H,8-10,14,19-24H2,1-3H3/t28-,29-,31+/m1/s1. The van der Waals surface area contributed by atoms with Crippen LogP contribution in [0.25, 0.3) is 11.1 Å². The van der Waals surface area contributed by atoms with Gasteiger partial charge in [0.2, 0.25) is 0 Å². The van der Waals surface area contributed by atoms with Crippen molar-refractivity contribution < 1.29 is 19.0 Å². The van der Waals surface area contributed by atoms with Gasteiger partial charge in [-0.3, -0.25) is 9.69 Å². The van der Waals surface area contributed by atoms with Gasteiger partial charge in [0, 0.05) is 12.5 Å². The molecule has 2 aliphatic rings. The number of ether oxygens (including phenoxy) is 3. The van der Waals surface area contributed by atoms with Gasteiger partial charge in [0.15, 0.2) is 0 Å². The van der Waals surface area contributed by atoms with E-state index in [9.17, 15) is 4.79 Å². The predicted octanol–water partition coefficient (Wildman–Crippen LogP) is 6.56. The van der Waals surface area contributed by atoms with Gasteiger partial charge in [-0.1, -0.05) is 66.7 Å². The molecule has 37 heavy (non-hydrogen) atoms. The van der Waals surface area contributed by atoms with Crippen LogP contribution in [0.4, 0.5) is 0 Å². The SMILES string of the molecule is CC(C)(C)OC(=O)CCC=CCO[C@H]1[C@H](N2CCCC2)CC[C@H]1OCc1ccc(-c2ccccc2)cc1. The van der Waals surface area contributed by atoms with E-state index in [1.54, 1.807) is 0 Å². The number of allylic oxidation sites excluding steroid dienone is 1. The van der Waals surface area contributed by atoms with E-state index in [1.165, 1.54) is 29.5 Å². The Balaban J connectivity index is 1.28. The molecule has 5 heteroatoms. The molecule has 0 spiro atoms. The van der Waals surface area contributed by atoms with Crippen LogP contribution in [0.3, 0.4) is 0 Å². The summed E-state index contributed by atoms with van der Waals surface area (Å²) in [4.78, 5) is 14.5. The zero-order valence-electron chi connectivity index (χ0n) is 22.7. The van der Waals surface area contributed by atoms with Crippen molar-refractivity contribution in [1.29, 1.82) is 0 Å². The van der Waals surface area contributed by atoms with E-state index in [1.807, 2.05) is 39.0 Å². The average molecular weight is 506 g/mol. The quantitative estimate of drug-likeness (QED) is 0.256. The number of hydrogen-bond donors (Lipinski definition) is 0. The van der Waals surface area contributed by atoms with Crippen LogP contribution in [-0.4, -0.2) is 54.4 Å². The summed E-state index contributed by atoms with van der Waals surface area (Å²) in [6, 6.07) is 19.5. The van der Waals surface area contributed by atoms with Gasteiger partial charge in [-0.15, -0.1) is 0 Å². The molecule has 1 saturated heterocycles. The van der Waals surface area contributed by atoms with E-state index in [4.69, 9.17) is 14.2 Å². The van der Waals surface area contributed by atoms with Gasteiger partial charge in [-0.05, 0) is 82.7 Å². The molecule has 0 unspecified atom stereocenters. The lowest BCUT2D eigenvalue weighted by Gasteiger charge is -2.31. The molecule has 0 bridgehead atoms. The zero-order valence-corrected chi connectivity index (χ0v) is 22.7. The Morgan fingerprint density at radius 3 is 2.32 bits per heavy atom. The van der Waals surface area contributed by atoms with Crippen LogP contribution < -0.4 is 0 Å². The maximum Gasteiger partial charge on any atom is 0.306 e. The maximum absolute atomic E-state index is 11.9. The molecular formula is C32H43NO4. The third-order valence-corrected chi connectivity index (χ3v) is 7.11. The lowest BCUT2D eigenvalue weighted by Crippen LogP contribution is -2.44. The number of carbonyl (C=O) groups is 1. The van der Waals surface area contributed by atoms with Gasteiger partial charge in [-0.2, -0.15) is 0 Å². The van der Waals surface area contributed by atoms with Crippen LogP contribution in [0.2, 0.25) is 0 Å². The minimum absolute atomic E-state index is 0.0668. The molecule has 200 valence electrons. The van der Waals surface area contributed by atoms with Crippen LogP contribution in [0.5, 0.6) is 0 Å². The first kappa shape index (κ1) is 27.6. The highest BCUT2D eigenvalue weighted by Gasteiger charge is 2.41. The smallest absolute Gasteiger partial charge is 0.306 e. The topological polar surface area (TPSA) is 48.0 Å². The summed E-state index contributed by atoms with van der Waals surface area (Å²) < 4.78 is 18.3. The molecular weight excluding hydrogens is 462 g/mol. The maximum atomic E-state index is 11.9. The Hall–Kier alpha value is -2.47. The first-order valence-corrected chi connectivity index (χ1v) is 13.9. The van der Waals surface area contributed by atoms with E-state index in [0.717, 1.165) is 25.9 Å². The van der Waals surface area contributed by atoms with Gasteiger partial charge in [-0.25, -0.2) is 0 Å². The van der Waals surface area contributed by atoms with Crippen molar-refractivity contribution in [2.45, 2.75) is 89.8 Å². The fourth-order valence-corrected chi connectivity index (χ4v) is 5.35. The normalized spacial score (nSPS) is 22.6. The third-order valence-electron chi connectivity index (χ3n) is 7.11. The second kappa shape index (κ2) is 13.4. The first-order chi connectivity index (χ1) is 17.9. The summed E-state index contributed by atoms with van der Waals surface area (Å²) in [5.74, 6) is -0.159. The van der Waals surface area contributed by atoms with E-state index in [0.29, 0.717) is 32.1 Å². The van der Waals surface area contributed by atoms with Gasteiger partial charge >= 0.3 is 5.97 Å². The summed E-state index contributed by atoms with van der Waals surface area (Å²) in [7, 11) is 0. The lowest BCUT2D eigenvalue weighted by molar-refractivity contribution is -0.154. The number of benzene rings is 2. The molecule has 2 aromatic carbocycles. The van der Waals surface area contributed by atoms with Crippen molar-refractivity contribution in [3.05, 3.63) is 72.3 Å². The van der Waals surface area contributed by atoms with Crippen LogP contribution in [-0.2, 0) is 25.6 Å². The van der Waals surface area contributed by atoms with Crippen molar-refractivity contribution >= 4 is 5.97 Å². The average Bonchev–Trinajstić information content (AvgIpc) is 3.55. The van der Waals surface area contributed by atoms with Gasteiger partial charge in [0.05, 0.1) is 25.4 Å². The van der Waals surface area contributed by atoms with Gasteiger partial charge in [0.25, 0.3) is 0 Å². The molecule has 1 saturated carbocycles. The molecule has 0 radical (unpaired) electrons. The number of hydrogen-bond acceptors (Lipinski definition) is 5. The van der Waals surface area contributed by atoms with Crippen LogP contribution in [0.1, 0.15) is 64.9 Å². The number of rotatable bonds is 11. The van der Waals surface area contributed by atoms with Crippen molar-refractivity contribution in [2.24, 2.45) is 0 Å². The van der Waals surface area contributed by atoms with Crippen LogP contribution in [0.15, 0.2) is 66.7 Å². The number of likely N-dealkylation sites (tertiary alicyclic amines) is 1. The largest absolute Gasteiger partial charge is 0.460 e. The third kappa shape index (κ3) is 8.53. The minimum atomic E-state index is -0.435. The molecule has 2 aromatic rings. The van der Waals surface area contributed by atoms with Crippen LogP contribution in [0, 0.1) is 0 Å². The molecule has 2 fully saturated rings. The van der Waals surface area contributed by atoms with Crippen molar-refractivity contribution in [3.8, 4) is 11.1 Å². The van der Waals surface area contributed by atoms with Crippen molar-refractivity contribution in [2.75, 3.05) is 19.7 Å². The molecule has 0 amide bonds. The summed E-state index contributed by atoms with van der Waals surface area (Å²) in [6.07, 6.45) is 9.95. The Morgan fingerprint density at radius 1 is 0.919 bits per heavy atom. The highest BCUT2D eigenvalue weighted by Crippen LogP contribution is 2.32. The van der Waals surface area contributed by atoms with E-state index < -0.39 is 5.60 Å². The molecule has 3 atom stereocenters. The fraction of sp³-hybridized carbons (Fsp3) is 0.531. The molecule has 0 N–H and O–H groups in total. The molecule has 1 heterocycles. The van der Waals surface area contributed by atoms with Crippen LogP contribution >= 0.6 is 0 Å². The minimum Gasteiger partial charge on any atom is -0.460 e. The first-order valence-electron chi connectivity index (χ1n) is 13.9. The van der Waals surface area contributed by atoms with Crippen molar-refractivity contribution in [3.63, 3.8) is 0 Å². The molecule has 4 rings (SSSR count). The van der Waals surface area contributed by atoms with Crippen molar-refractivity contribution in [1.82, 2.24) is 4.90 Å². The predicted molar refractivity (Wildman–Crippen MR) is 148 cm³/mol. The molecule has 1 aliphatic heterocycles. The number of esters is 1.